The number of rotatable bonds is 68. The molecule has 0 fully saturated rings. The average Bonchev–Trinajstić information content (AvgIpc) is 3.61. The maximum atomic E-state index is 12.9. The molecule has 10 heteroatoms. The molecule has 0 aromatic rings. The summed E-state index contributed by atoms with van der Waals surface area (Å²) in [6.45, 7) is 4.20. The van der Waals surface area contributed by atoms with Crippen LogP contribution in [0, 0.1) is 0 Å². The van der Waals surface area contributed by atoms with Crippen molar-refractivity contribution in [1.82, 2.24) is 0 Å². The summed E-state index contributed by atoms with van der Waals surface area (Å²) >= 11 is 0. The molecule has 494 valence electrons. The van der Waals surface area contributed by atoms with Gasteiger partial charge in [-0.2, -0.15) is 0 Å². The highest BCUT2D eigenvalue weighted by Gasteiger charge is 2.22. The molecule has 84 heavy (non-hydrogen) atoms. The van der Waals surface area contributed by atoms with Crippen LogP contribution in [0.3, 0.4) is 0 Å². The molecule has 0 spiro atoms. The van der Waals surface area contributed by atoms with Crippen molar-refractivity contribution in [2.24, 2.45) is 0 Å². The Kier molecular flexibility index (Phi) is 63.8. The van der Waals surface area contributed by atoms with Crippen LogP contribution in [0.2, 0.25) is 0 Å². The number of unbranched alkanes of at least 4 members (excludes halogenated alkanes) is 46. The van der Waals surface area contributed by atoms with Gasteiger partial charge in [0.05, 0.1) is 27.7 Å². The van der Waals surface area contributed by atoms with E-state index < -0.39 is 26.5 Å². The number of phosphoric ester groups is 1. The molecule has 0 aromatic carbocycles. The second-order valence-electron chi connectivity index (χ2n) is 25.9. The third-order valence-corrected chi connectivity index (χ3v) is 17.3. The lowest BCUT2D eigenvalue weighted by atomic mass is 10.0. The fourth-order valence-electron chi connectivity index (χ4n) is 10.8. The van der Waals surface area contributed by atoms with Crippen LogP contribution in [0.25, 0.3) is 0 Å². The van der Waals surface area contributed by atoms with Crippen LogP contribution in [0.1, 0.15) is 361 Å². The largest absolute Gasteiger partial charge is 0.756 e. The Balaban J connectivity index is 3.93. The Bertz CT molecular complexity index is 1560. The minimum Gasteiger partial charge on any atom is -0.756 e. The molecule has 2 atom stereocenters. The van der Waals surface area contributed by atoms with Gasteiger partial charge >= 0.3 is 11.9 Å². The molecular formula is C74H140NO8P. The van der Waals surface area contributed by atoms with Gasteiger partial charge in [-0.25, -0.2) is 0 Å². The molecule has 0 aliphatic carbocycles. The van der Waals surface area contributed by atoms with Gasteiger partial charge < -0.3 is 27.9 Å². The summed E-state index contributed by atoms with van der Waals surface area (Å²) in [6, 6.07) is 0. The third-order valence-electron chi connectivity index (χ3n) is 16.4. The molecule has 9 nitrogen and oxygen atoms in total. The molecule has 0 bridgehead atoms. The van der Waals surface area contributed by atoms with Gasteiger partial charge in [-0.05, 0) is 51.4 Å². The number of hydrogen-bond donors (Lipinski definition) is 0. The van der Waals surface area contributed by atoms with Crippen molar-refractivity contribution < 1.29 is 42.1 Å². The quantitative estimate of drug-likeness (QED) is 0.0195. The molecule has 0 aliphatic rings. The second kappa shape index (κ2) is 65.4. The minimum absolute atomic E-state index is 0.0273. The number of ether oxygens (including phenoxy) is 2. The van der Waals surface area contributed by atoms with Crippen molar-refractivity contribution in [3.8, 4) is 0 Å². The van der Waals surface area contributed by atoms with Gasteiger partial charge in [0.15, 0.2) is 6.10 Å². The van der Waals surface area contributed by atoms with Crippen molar-refractivity contribution in [3.63, 3.8) is 0 Å². The van der Waals surface area contributed by atoms with E-state index in [0.29, 0.717) is 17.4 Å². The summed E-state index contributed by atoms with van der Waals surface area (Å²) < 4.78 is 34.3. The van der Waals surface area contributed by atoms with E-state index in [1.807, 2.05) is 21.1 Å². The molecule has 0 N–H and O–H groups in total. The van der Waals surface area contributed by atoms with Gasteiger partial charge in [0.25, 0.3) is 7.82 Å². The molecule has 0 radical (unpaired) electrons. The summed E-state index contributed by atoms with van der Waals surface area (Å²) in [4.78, 5) is 38.1. The average molecular weight is 1200 g/mol. The SMILES string of the molecule is CC/C=C\C/C=C\C/C=C\C/C=C\CCCCCCCCCCCCCCCCCCCCCCCCCCC(=O)OC(COC(=O)CCCCCCCCCCCCCCCCCCCCCCCCC)COP(=O)([O-])OCC[N+](C)(C)C. The van der Waals surface area contributed by atoms with E-state index in [9.17, 15) is 19.0 Å². The van der Waals surface area contributed by atoms with Crippen molar-refractivity contribution in [3.05, 3.63) is 48.6 Å². The van der Waals surface area contributed by atoms with Crippen LogP contribution in [-0.4, -0.2) is 70.0 Å². The third kappa shape index (κ3) is 69.1. The summed E-state index contributed by atoms with van der Waals surface area (Å²) in [5.74, 6) is -0.809. The summed E-state index contributed by atoms with van der Waals surface area (Å²) in [6.07, 6.45) is 85.0. The van der Waals surface area contributed by atoms with Crippen molar-refractivity contribution in [2.75, 3.05) is 47.5 Å². The molecule has 0 amide bonds. The van der Waals surface area contributed by atoms with E-state index in [1.54, 1.807) is 0 Å². The molecule has 0 aliphatic heterocycles. The lowest BCUT2D eigenvalue weighted by molar-refractivity contribution is -0.870. The summed E-state index contributed by atoms with van der Waals surface area (Å²) in [5.41, 5.74) is 0. The van der Waals surface area contributed by atoms with Crippen LogP contribution < -0.4 is 4.89 Å². The van der Waals surface area contributed by atoms with Gasteiger partial charge in [0, 0.05) is 12.8 Å². The Morgan fingerprint density at radius 1 is 0.381 bits per heavy atom. The monoisotopic (exact) mass is 1200 g/mol. The fraction of sp³-hybridized carbons (Fsp3) is 0.865. The summed E-state index contributed by atoms with van der Waals surface area (Å²) in [7, 11) is 1.19. The molecule has 0 saturated heterocycles. The highest BCUT2D eigenvalue weighted by atomic mass is 31.2. The lowest BCUT2D eigenvalue weighted by Gasteiger charge is -2.28. The Morgan fingerprint density at radius 2 is 0.679 bits per heavy atom. The van der Waals surface area contributed by atoms with Crippen LogP contribution in [0.15, 0.2) is 48.6 Å². The zero-order chi connectivity index (χ0) is 61.2. The Morgan fingerprint density at radius 3 is 1.01 bits per heavy atom. The number of nitrogens with zero attached hydrogens (tertiary/aromatic N) is 1. The van der Waals surface area contributed by atoms with Crippen LogP contribution >= 0.6 is 7.82 Å². The van der Waals surface area contributed by atoms with Gasteiger partial charge in [0.2, 0.25) is 0 Å². The van der Waals surface area contributed by atoms with Crippen molar-refractivity contribution >= 4 is 19.8 Å². The van der Waals surface area contributed by atoms with Crippen LogP contribution in [-0.2, 0) is 32.7 Å². The number of phosphoric acid groups is 1. The van der Waals surface area contributed by atoms with E-state index >= 15 is 0 Å². The number of carbonyl (C=O) groups excluding carboxylic acids is 2. The highest BCUT2D eigenvalue weighted by Crippen LogP contribution is 2.38. The van der Waals surface area contributed by atoms with Gasteiger partial charge in [0.1, 0.15) is 19.8 Å². The van der Waals surface area contributed by atoms with Crippen LogP contribution in [0.5, 0.6) is 0 Å². The lowest BCUT2D eigenvalue weighted by Crippen LogP contribution is -2.37. The number of esters is 2. The molecule has 0 rings (SSSR count). The maximum Gasteiger partial charge on any atom is 0.306 e. The zero-order valence-corrected chi connectivity index (χ0v) is 57.3. The van der Waals surface area contributed by atoms with Crippen molar-refractivity contribution in [1.29, 1.82) is 0 Å². The predicted octanol–water partition coefficient (Wildman–Crippen LogP) is 23.0. The Labute approximate surface area is 522 Å². The molecule has 0 aromatic heterocycles. The molecule has 2 unspecified atom stereocenters. The van der Waals surface area contributed by atoms with Gasteiger partial charge in [-0.3, -0.25) is 14.2 Å². The first-order valence-corrected chi connectivity index (χ1v) is 37.8. The van der Waals surface area contributed by atoms with E-state index in [1.165, 1.54) is 270 Å². The topological polar surface area (TPSA) is 111 Å². The smallest absolute Gasteiger partial charge is 0.306 e. The predicted molar refractivity (Wildman–Crippen MR) is 360 cm³/mol. The normalized spacial score (nSPS) is 13.4. The number of allylic oxidation sites excluding steroid dienone is 8. The number of carbonyl (C=O) groups is 2. The maximum absolute atomic E-state index is 12.9. The second-order valence-corrected chi connectivity index (χ2v) is 27.3. The van der Waals surface area contributed by atoms with E-state index in [2.05, 4.69) is 62.5 Å². The first-order chi connectivity index (χ1) is 41.0. The Hall–Kier alpha value is -2.03. The van der Waals surface area contributed by atoms with E-state index in [4.69, 9.17) is 18.5 Å². The minimum atomic E-state index is -4.64. The number of likely N-dealkylation sites (N-methyl/N-ethyl adjacent to an activating group) is 1. The van der Waals surface area contributed by atoms with E-state index in [-0.39, 0.29) is 32.0 Å². The van der Waals surface area contributed by atoms with E-state index in [0.717, 1.165) is 57.8 Å². The number of hydrogen-bond acceptors (Lipinski definition) is 8. The van der Waals surface area contributed by atoms with Crippen molar-refractivity contribution in [2.45, 2.75) is 367 Å². The van der Waals surface area contributed by atoms with Gasteiger partial charge in [-0.15, -0.1) is 0 Å². The number of quaternary nitrogens is 1. The first-order valence-electron chi connectivity index (χ1n) is 36.3. The molecule has 0 saturated carbocycles. The highest BCUT2D eigenvalue weighted by molar-refractivity contribution is 7.45. The molecule has 0 heterocycles. The van der Waals surface area contributed by atoms with Crippen LogP contribution in [0.4, 0.5) is 0 Å². The van der Waals surface area contributed by atoms with Gasteiger partial charge in [-0.1, -0.05) is 345 Å². The standard InChI is InChI=1S/C74H140NO8P/c1-6-8-10-12-14-16-18-20-22-24-26-28-30-31-32-33-34-35-36-37-38-39-40-41-42-43-45-47-49-51-53-55-57-59-61-63-65-67-74(77)83-72(71-82-84(78,79)81-69-68-75(3,4)5)70-80-73(76)66-64-62-60-58-56-54-52-50-48-46-44-29-27-25-23-21-19-17-15-13-11-9-7-2/h8,10,14,16,20,22,26,28,72H,6-7,9,11-13,15,17-19,21,23-25,27,29-71H2,1-5H3/b10-8-,16-14-,22-20-,28-26-. The molecular weight excluding hydrogens is 1060 g/mol. The first kappa shape index (κ1) is 82.0. The fourth-order valence-corrected chi connectivity index (χ4v) is 11.6. The summed E-state index contributed by atoms with van der Waals surface area (Å²) in [5, 5.41) is 0. The zero-order valence-electron chi connectivity index (χ0n) is 56.4.